The van der Waals surface area contributed by atoms with Crippen LogP contribution in [0, 0.1) is 0 Å². The van der Waals surface area contributed by atoms with Crippen molar-refractivity contribution in [3.63, 3.8) is 0 Å². The van der Waals surface area contributed by atoms with Gasteiger partial charge in [0.05, 0.1) is 11.4 Å². The maximum Gasteiger partial charge on any atom is 0.198 e. The number of pyridine rings is 1. The summed E-state index contributed by atoms with van der Waals surface area (Å²) < 4.78 is 0. The molecular formula is C17H12N2O2S2. The molecule has 23 heavy (non-hydrogen) atoms. The highest BCUT2D eigenvalue weighted by Crippen LogP contribution is 2.36. The fraction of sp³-hybridized carbons (Fsp3) is 0.118. The van der Waals surface area contributed by atoms with E-state index in [4.69, 9.17) is 0 Å². The van der Waals surface area contributed by atoms with Gasteiger partial charge in [-0.2, -0.15) is 0 Å². The van der Waals surface area contributed by atoms with Crippen molar-refractivity contribution >= 4 is 28.2 Å². The quantitative estimate of drug-likeness (QED) is 0.791. The highest BCUT2D eigenvalue weighted by atomic mass is 32.2. The molecule has 6 heteroatoms. The molecule has 0 saturated carbocycles. The van der Waals surface area contributed by atoms with E-state index >= 15 is 0 Å². The summed E-state index contributed by atoms with van der Waals surface area (Å²) in [7, 11) is 0. The van der Waals surface area contributed by atoms with Crippen LogP contribution in [0.1, 0.15) is 22.9 Å². The number of rotatable bonds is 3. The van der Waals surface area contributed by atoms with E-state index in [-0.39, 0.29) is 5.12 Å². The summed E-state index contributed by atoms with van der Waals surface area (Å²) in [6.07, 6.45) is 1.39. The molecule has 1 aliphatic heterocycles. The summed E-state index contributed by atoms with van der Waals surface area (Å²) in [6.45, 7) is 0. The van der Waals surface area contributed by atoms with Crippen LogP contribution >= 0.6 is 23.1 Å². The summed E-state index contributed by atoms with van der Waals surface area (Å²) in [5, 5.41) is 13.4. The minimum absolute atomic E-state index is 0.151. The van der Waals surface area contributed by atoms with Crippen LogP contribution in [-0.4, -0.2) is 20.2 Å². The number of fused-ring (bicyclic) bond motifs is 1. The molecule has 4 nitrogen and oxygen atoms in total. The normalized spacial score (nSPS) is 14.7. The Bertz CT molecular complexity index is 877. The van der Waals surface area contributed by atoms with E-state index in [1.807, 2.05) is 41.8 Å². The van der Waals surface area contributed by atoms with Crippen molar-refractivity contribution in [3.05, 3.63) is 64.8 Å². The maximum absolute atomic E-state index is 11.5. The first-order valence-electron chi connectivity index (χ1n) is 7.09. The van der Waals surface area contributed by atoms with Gasteiger partial charge < -0.3 is 5.11 Å². The van der Waals surface area contributed by atoms with Crippen LogP contribution in [0.4, 0.5) is 0 Å². The number of aromatic nitrogens is 2. The zero-order valence-electron chi connectivity index (χ0n) is 12.0. The van der Waals surface area contributed by atoms with E-state index in [9.17, 15) is 9.90 Å². The number of aliphatic hydroxyl groups is 1. The van der Waals surface area contributed by atoms with Crippen LogP contribution in [0.25, 0.3) is 10.7 Å². The minimum atomic E-state index is -0.801. The predicted octanol–water partition coefficient (Wildman–Crippen LogP) is 3.46. The highest BCUT2D eigenvalue weighted by Gasteiger charge is 2.22. The molecule has 1 atom stereocenters. The van der Waals surface area contributed by atoms with Crippen LogP contribution in [0.15, 0.2) is 52.9 Å². The van der Waals surface area contributed by atoms with Gasteiger partial charge in [0, 0.05) is 22.9 Å². The van der Waals surface area contributed by atoms with Crippen LogP contribution in [-0.2, 0) is 11.2 Å². The Hall–Kier alpha value is -2.02. The molecule has 2 aromatic heterocycles. The number of thiazole rings is 1. The molecule has 1 aromatic carbocycles. The largest absolute Gasteiger partial charge is 0.382 e. The molecule has 3 aromatic rings. The molecule has 0 amide bonds. The van der Waals surface area contributed by atoms with Crippen molar-refractivity contribution in [2.45, 2.75) is 17.4 Å². The number of carbonyl (C=O) groups is 1. The molecular weight excluding hydrogens is 328 g/mol. The third kappa shape index (κ3) is 2.81. The van der Waals surface area contributed by atoms with Gasteiger partial charge in [0.2, 0.25) is 0 Å². The predicted molar refractivity (Wildman–Crippen MR) is 90.4 cm³/mol. The maximum atomic E-state index is 11.5. The summed E-state index contributed by atoms with van der Waals surface area (Å²) in [5.41, 5.74) is 3.18. The second kappa shape index (κ2) is 5.88. The molecule has 0 aliphatic carbocycles. The van der Waals surface area contributed by atoms with Gasteiger partial charge in [-0.3, -0.25) is 9.78 Å². The number of thioether (sulfide) groups is 1. The molecule has 114 valence electrons. The summed E-state index contributed by atoms with van der Waals surface area (Å²) in [5.74, 6) is 0. The van der Waals surface area contributed by atoms with Crippen LogP contribution in [0.2, 0.25) is 0 Å². The van der Waals surface area contributed by atoms with E-state index in [2.05, 4.69) is 9.97 Å². The lowest BCUT2D eigenvalue weighted by atomic mass is 10.0. The summed E-state index contributed by atoms with van der Waals surface area (Å²) >= 11 is 2.70. The molecule has 0 fully saturated rings. The zero-order chi connectivity index (χ0) is 15.8. The number of hydrogen-bond acceptors (Lipinski definition) is 6. The summed E-state index contributed by atoms with van der Waals surface area (Å²) in [4.78, 5) is 21.2. The van der Waals surface area contributed by atoms with Gasteiger partial charge in [0.1, 0.15) is 11.1 Å². The lowest BCUT2D eigenvalue weighted by Crippen LogP contribution is -2.00. The molecule has 1 N–H and O–H groups in total. The van der Waals surface area contributed by atoms with E-state index in [1.165, 1.54) is 23.1 Å². The number of aliphatic hydroxyl groups excluding tert-OH is 1. The molecule has 1 aliphatic rings. The summed E-state index contributed by atoms with van der Waals surface area (Å²) in [6, 6.07) is 11.3. The Morgan fingerprint density at radius 2 is 2.13 bits per heavy atom. The van der Waals surface area contributed by atoms with Crippen LogP contribution < -0.4 is 0 Å². The van der Waals surface area contributed by atoms with Gasteiger partial charge in [0.15, 0.2) is 5.12 Å². The Balaban J connectivity index is 1.63. The van der Waals surface area contributed by atoms with E-state index < -0.39 is 6.10 Å². The van der Waals surface area contributed by atoms with Crippen molar-refractivity contribution in [1.29, 1.82) is 0 Å². The molecule has 0 spiro atoms. The van der Waals surface area contributed by atoms with Crippen molar-refractivity contribution in [2.24, 2.45) is 0 Å². The third-order valence-corrected chi connectivity index (χ3v) is 5.51. The number of hydrogen-bond donors (Lipinski definition) is 1. The fourth-order valence-electron chi connectivity index (χ4n) is 2.49. The van der Waals surface area contributed by atoms with Gasteiger partial charge in [0.25, 0.3) is 0 Å². The molecule has 4 rings (SSSR count). The molecule has 0 radical (unpaired) electrons. The van der Waals surface area contributed by atoms with Crippen LogP contribution in [0.3, 0.4) is 0 Å². The van der Waals surface area contributed by atoms with Gasteiger partial charge in [-0.15, -0.1) is 11.3 Å². The first-order chi connectivity index (χ1) is 11.2. The van der Waals surface area contributed by atoms with E-state index in [1.54, 1.807) is 6.20 Å². The lowest BCUT2D eigenvalue weighted by molar-refractivity contribution is -0.110. The third-order valence-electron chi connectivity index (χ3n) is 3.65. The van der Waals surface area contributed by atoms with Crippen molar-refractivity contribution in [2.75, 3.05) is 0 Å². The Labute approximate surface area is 141 Å². The SMILES string of the molecule is O=C1Cc2ccc(C(O)c3csc(-c4ccccn4)n3)cc2S1. The van der Waals surface area contributed by atoms with Crippen molar-refractivity contribution in [3.8, 4) is 10.7 Å². The Morgan fingerprint density at radius 3 is 2.96 bits per heavy atom. The number of benzene rings is 1. The fourth-order valence-corrected chi connectivity index (χ4v) is 4.24. The standard InChI is InChI=1S/C17H12N2O2S2/c20-15-8-10-4-5-11(7-14(10)23-15)16(21)13-9-22-17(19-13)12-3-1-2-6-18-12/h1-7,9,16,21H,8H2. The van der Waals surface area contributed by atoms with Crippen LogP contribution in [0.5, 0.6) is 0 Å². The smallest absolute Gasteiger partial charge is 0.198 e. The van der Waals surface area contributed by atoms with Gasteiger partial charge in [-0.1, -0.05) is 30.0 Å². The van der Waals surface area contributed by atoms with Gasteiger partial charge >= 0.3 is 0 Å². The first-order valence-corrected chi connectivity index (χ1v) is 8.79. The second-order valence-corrected chi connectivity index (χ2v) is 7.17. The van der Waals surface area contributed by atoms with Crippen molar-refractivity contribution in [1.82, 2.24) is 9.97 Å². The average molecular weight is 340 g/mol. The monoisotopic (exact) mass is 340 g/mol. The highest BCUT2D eigenvalue weighted by molar-refractivity contribution is 8.14. The molecule has 1 unspecified atom stereocenters. The number of carbonyl (C=O) groups excluding carboxylic acids is 1. The Morgan fingerprint density at radius 1 is 1.22 bits per heavy atom. The first kappa shape index (κ1) is 14.6. The number of nitrogens with zero attached hydrogens (tertiary/aromatic N) is 2. The molecule has 0 bridgehead atoms. The van der Waals surface area contributed by atoms with Gasteiger partial charge in [-0.25, -0.2) is 4.98 Å². The van der Waals surface area contributed by atoms with Gasteiger partial charge in [-0.05, 0) is 29.3 Å². The zero-order valence-corrected chi connectivity index (χ0v) is 13.6. The van der Waals surface area contributed by atoms with E-state index in [0.717, 1.165) is 26.7 Å². The van der Waals surface area contributed by atoms with Crippen molar-refractivity contribution < 1.29 is 9.90 Å². The van der Waals surface area contributed by atoms with E-state index in [0.29, 0.717) is 12.1 Å². The minimum Gasteiger partial charge on any atom is -0.382 e. The molecule has 0 saturated heterocycles. The second-order valence-electron chi connectivity index (χ2n) is 5.21. The average Bonchev–Trinajstić information content (AvgIpc) is 3.20. The lowest BCUT2D eigenvalue weighted by Gasteiger charge is -2.09. The topological polar surface area (TPSA) is 63.1 Å². The molecule has 3 heterocycles. The Kier molecular flexibility index (Phi) is 3.72.